The fraction of sp³-hybridized carbons (Fsp3) is 0.200. The third kappa shape index (κ3) is 4.12. The number of aliphatic hydroxyl groups is 1. The molecule has 0 bridgehead atoms. The highest BCUT2D eigenvalue weighted by Crippen LogP contribution is 2.33. The lowest BCUT2D eigenvalue weighted by atomic mass is 10.1. The van der Waals surface area contributed by atoms with Crippen molar-refractivity contribution in [2.45, 2.75) is 12.6 Å². The maximum Gasteiger partial charge on any atom is 0.261 e. The van der Waals surface area contributed by atoms with Gasteiger partial charge in [-0.05, 0) is 48.5 Å². The smallest absolute Gasteiger partial charge is 0.261 e. The third-order valence-corrected chi connectivity index (χ3v) is 6.82. The van der Waals surface area contributed by atoms with E-state index in [1.165, 1.54) is 4.90 Å². The predicted octanol–water partition coefficient (Wildman–Crippen LogP) is 4.99. The quantitative estimate of drug-likeness (QED) is 0.250. The van der Waals surface area contributed by atoms with E-state index in [0.29, 0.717) is 17.7 Å². The fourth-order valence-electron chi connectivity index (χ4n) is 4.33. The Hall–Kier alpha value is -2.52. The van der Waals surface area contributed by atoms with Crippen LogP contribution in [-0.4, -0.2) is 52.3 Å². The van der Waals surface area contributed by atoms with Crippen molar-refractivity contribution in [2.24, 2.45) is 0 Å². The van der Waals surface area contributed by atoms with E-state index >= 15 is 0 Å². The molecule has 1 aliphatic heterocycles. The van der Waals surface area contributed by atoms with Gasteiger partial charge in [0.25, 0.3) is 11.8 Å². The van der Waals surface area contributed by atoms with Crippen molar-refractivity contribution >= 4 is 65.5 Å². The summed E-state index contributed by atoms with van der Waals surface area (Å²) in [5.41, 5.74) is 2.90. The lowest BCUT2D eigenvalue weighted by Crippen LogP contribution is -2.34. The Kier molecular flexibility index (Phi) is 6.09. The van der Waals surface area contributed by atoms with Crippen LogP contribution in [-0.2, 0) is 11.3 Å². The van der Waals surface area contributed by atoms with E-state index in [-0.39, 0.29) is 31.6 Å². The van der Waals surface area contributed by atoms with Gasteiger partial charge in [-0.3, -0.25) is 14.5 Å². The molecule has 0 aliphatic carbocycles. The number of hydrogen-bond donors (Lipinski definition) is 1. The molecule has 168 valence electrons. The Morgan fingerprint density at radius 2 is 1.39 bits per heavy atom. The summed E-state index contributed by atoms with van der Waals surface area (Å²) in [6.45, 7) is 0.764. The first-order chi connectivity index (χ1) is 15.9. The molecule has 0 fully saturated rings. The molecule has 0 saturated heterocycles. The molecule has 1 aliphatic rings. The molecule has 1 N–H and O–H groups in total. The number of halogens is 2. The van der Waals surface area contributed by atoms with E-state index in [2.05, 4.69) is 48.6 Å². The molecule has 33 heavy (non-hydrogen) atoms. The third-order valence-electron chi connectivity index (χ3n) is 5.83. The van der Waals surface area contributed by atoms with Crippen LogP contribution in [0.2, 0.25) is 0 Å². The van der Waals surface area contributed by atoms with Gasteiger partial charge in [-0.2, -0.15) is 0 Å². The van der Waals surface area contributed by atoms with Gasteiger partial charge in [0.2, 0.25) is 0 Å². The van der Waals surface area contributed by atoms with Crippen molar-refractivity contribution in [2.75, 3.05) is 19.8 Å². The van der Waals surface area contributed by atoms with Crippen LogP contribution in [0.4, 0.5) is 0 Å². The number of aromatic nitrogens is 1. The average Bonchev–Trinajstić information content (AvgIpc) is 3.23. The van der Waals surface area contributed by atoms with Crippen molar-refractivity contribution in [3.8, 4) is 0 Å². The number of aliphatic hydroxyl groups excluding tert-OH is 1. The second kappa shape index (κ2) is 9.02. The van der Waals surface area contributed by atoms with Crippen LogP contribution in [0.3, 0.4) is 0 Å². The zero-order valence-electron chi connectivity index (χ0n) is 17.5. The average molecular weight is 572 g/mol. The molecule has 5 rings (SSSR count). The van der Waals surface area contributed by atoms with E-state index in [9.17, 15) is 14.7 Å². The number of carbonyl (C=O) groups is 2. The van der Waals surface area contributed by atoms with Gasteiger partial charge in [0, 0.05) is 30.8 Å². The Balaban J connectivity index is 1.24. The number of rotatable bonds is 7. The van der Waals surface area contributed by atoms with Crippen molar-refractivity contribution in [3.05, 3.63) is 80.7 Å². The van der Waals surface area contributed by atoms with Crippen molar-refractivity contribution < 1.29 is 19.4 Å². The number of amides is 2. The monoisotopic (exact) mass is 570 g/mol. The van der Waals surface area contributed by atoms with Gasteiger partial charge in [0.15, 0.2) is 0 Å². The van der Waals surface area contributed by atoms with Gasteiger partial charge in [0.05, 0.1) is 43.5 Å². The Morgan fingerprint density at radius 1 is 0.848 bits per heavy atom. The molecule has 2 amide bonds. The topological polar surface area (TPSA) is 71.8 Å². The molecular weight excluding hydrogens is 552 g/mol. The molecule has 0 spiro atoms. The molecule has 1 unspecified atom stereocenters. The number of benzene rings is 3. The summed E-state index contributed by atoms with van der Waals surface area (Å²) in [7, 11) is 0. The number of nitrogens with zero attached hydrogens (tertiary/aromatic N) is 2. The maximum atomic E-state index is 12.4. The molecule has 3 aromatic carbocycles. The largest absolute Gasteiger partial charge is 0.389 e. The highest BCUT2D eigenvalue weighted by Gasteiger charge is 2.34. The van der Waals surface area contributed by atoms with E-state index in [4.69, 9.17) is 4.74 Å². The van der Waals surface area contributed by atoms with Crippen molar-refractivity contribution in [1.29, 1.82) is 0 Å². The van der Waals surface area contributed by atoms with Gasteiger partial charge in [0.1, 0.15) is 0 Å². The second-order valence-corrected chi connectivity index (χ2v) is 9.80. The first kappa shape index (κ1) is 22.3. The normalized spacial score (nSPS) is 14.5. The van der Waals surface area contributed by atoms with E-state index in [1.807, 2.05) is 24.3 Å². The Bertz CT molecular complexity index is 1300. The lowest BCUT2D eigenvalue weighted by molar-refractivity contribution is 0.0209. The standard InChI is InChI=1S/C25H20Br2N2O4/c26-15-5-7-22-20(11-15)21-12-16(27)6-8-23(21)29(22)13-17(30)14-33-10-9-28-24(31)18-3-1-2-4-19(18)25(28)32/h1-8,11-12,17,30H,9-10,13-14H2. The van der Waals surface area contributed by atoms with Crippen molar-refractivity contribution in [1.82, 2.24) is 9.47 Å². The maximum absolute atomic E-state index is 12.4. The summed E-state index contributed by atoms with van der Waals surface area (Å²) in [6, 6.07) is 19.0. The number of fused-ring (bicyclic) bond motifs is 4. The Morgan fingerprint density at radius 3 is 1.94 bits per heavy atom. The summed E-state index contributed by atoms with van der Waals surface area (Å²) in [5.74, 6) is -0.607. The van der Waals surface area contributed by atoms with Gasteiger partial charge >= 0.3 is 0 Å². The first-order valence-corrected chi connectivity index (χ1v) is 12.1. The number of ether oxygens (including phenoxy) is 1. The summed E-state index contributed by atoms with van der Waals surface area (Å²) in [5, 5.41) is 12.9. The number of carbonyl (C=O) groups excluding carboxylic acids is 2. The number of hydrogen-bond acceptors (Lipinski definition) is 4. The Labute approximate surface area is 207 Å². The summed E-state index contributed by atoms with van der Waals surface area (Å²) >= 11 is 7.09. The molecule has 1 aromatic heterocycles. The minimum atomic E-state index is -0.752. The summed E-state index contributed by atoms with van der Waals surface area (Å²) < 4.78 is 9.71. The van der Waals surface area contributed by atoms with Crippen LogP contribution in [0, 0.1) is 0 Å². The van der Waals surface area contributed by atoms with Crippen LogP contribution in [0.1, 0.15) is 20.7 Å². The van der Waals surface area contributed by atoms with Gasteiger partial charge in [-0.25, -0.2) is 0 Å². The van der Waals surface area contributed by atoms with E-state index in [0.717, 1.165) is 30.8 Å². The van der Waals surface area contributed by atoms with Crippen LogP contribution in [0.15, 0.2) is 69.6 Å². The van der Waals surface area contributed by atoms with Crippen LogP contribution in [0.5, 0.6) is 0 Å². The molecule has 0 radical (unpaired) electrons. The highest BCUT2D eigenvalue weighted by molar-refractivity contribution is 9.10. The highest BCUT2D eigenvalue weighted by atomic mass is 79.9. The minimum Gasteiger partial charge on any atom is -0.389 e. The van der Waals surface area contributed by atoms with Crippen LogP contribution >= 0.6 is 31.9 Å². The molecule has 1 atom stereocenters. The second-order valence-electron chi connectivity index (χ2n) is 7.97. The SMILES string of the molecule is O=C1c2ccccc2C(=O)N1CCOCC(O)Cn1c2ccc(Br)cc2c2cc(Br)ccc21. The molecular formula is C25H20Br2N2O4. The van der Waals surface area contributed by atoms with Gasteiger partial charge < -0.3 is 14.4 Å². The van der Waals surface area contributed by atoms with Gasteiger partial charge in [-0.1, -0.05) is 44.0 Å². The van der Waals surface area contributed by atoms with Crippen LogP contribution < -0.4 is 0 Å². The number of imide groups is 1. The summed E-state index contributed by atoms with van der Waals surface area (Å²) in [6.07, 6.45) is -0.752. The first-order valence-electron chi connectivity index (χ1n) is 10.5. The molecule has 6 nitrogen and oxygen atoms in total. The molecule has 8 heteroatoms. The molecule has 2 heterocycles. The predicted molar refractivity (Wildman–Crippen MR) is 133 cm³/mol. The summed E-state index contributed by atoms with van der Waals surface area (Å²) in [4.78, 5) is 26.1. The minimum absolute atomic E-state index is 0.0946. The van der Waals surface area contributed by atoms with Gasteiger partial charge in [-0.15, -0.1) is 0 Å². The molecule has 0 saturated carbocycles. The lowest BCUT2D eigenvalue weighted by Gasteiger charge is -2.17. The van der Waals surface area contributed by atoms with Crippen molar-refractivity contribution in [3.63, 3.8) is 0 Å². The van der Waals surface area contributed by atoms with E-state index in [1.54, 1.807) is 24.3 Å². The molecule has 4 aromatic rings. The zero-order chi connectivity index (χ0) is 23.1. The van der Waals surface area contributed by atoms with E-state index < -0.39 is 6.10 Å². The fourth-order valence-corrected chi connectivity index (χ4v) is 5.05. The zero-order valence-corrected chi connectivity index (χ0v) is 20.7. The van der Waals surface area contributed by atoms with Crippen LogP contribution in [0.25, 0.3) is 21.8 Å².